The molecule has 0 aliphatic carbocycles. The Labute approximate surface area is 134 Å². The van der Waals surface area contributed by atoms with Gasteiger partial charge in [0.25, 0.3) is 0 Å². The van der Waals surface area contributed by atoms with Crippen LogP contribution in [0.3, 0.4) is 0 Å². The fourth-order valence-electron chi connectivity index (χ4n) is 2.56. The summed E-state index contributed by atoms with van der Waals surface area (Å²) in [5.41, 5.74) is 10.3. The topological polar surface area (TPSA) is 55.7 Å². The second-order valence-corrected chi connectivity index (χ2v) is 6.29. The molecule has 0 fully saturated rings. The Morgan fingerprint density at radius 3 is 2.32 bits per heavy atom. The molecule has 4 nitrogen and oxygen atoms in total. The molecule has 0 unspecified atom stereocenters. The minimum atomic E-state index is 0.601. The van der Waals surface area contributed by atoms with Gasteiger partial charge in [-0.05, 0) is 60.1 Å². The fraction of sp³-hybridized carbons (Fsp3) is 0.235. The van der Waals surface area contributed by atoms with E-state index >= 15 is 0 Å². The fourth-order valence-corrected chi connectivity index (χ4v) is 3.53. The van der Waals surface area contributed by atoms with E-state index in [0.717, 1.165) is 27.9 Å². The number of rotatable bonds is 4. The maximum absolute atomic E-state index is 5.58. The smallest absolute Gasteiger partial charge is 0.330 e. The minimum absolute atomic E-state index is 0.601. The van der Waals surface area contributed by atoms with Gasteiger partial charge in [-0.2, -0.15) is 4.57 Å². The highest BCUT2D eigenvalue weighted by Gasteiger charge is 2.20. The van der Waals surface area contributed by atoms with Gasteiger partial charge in [-0.1, -0.05) is 30.3 Å². The number of hydrogen-bond donors (Lipinski definition) is 1. The highest BCUT2D eigenvalue weighted by molar-refractivity contribution is 7.13. The van der Waals surface area contributed by atoms with Crippen LogP contribution >= 0.6 is 11.3 Å². The maximum Gasteiger partial charge on any atom is 0.415 e. The minimum Gasteiger partial charge on any atom is -0.330 e. The van der Waals surface area contributed by atoms with Crippen LogP contribution < -0.4 is 10.3 Å². The Kier molecular flexibility index (Phi) is 4.27. The van der Waals surface area contributed by atoms with Crippen LogP contribution in [0.5, 0.6) is 0 Å². The van der Waals surface area contributed by atoms with Gasteiger partial charge in [0, 0.05) is 6.42 Å². The van der Waals surface area contributed by atoms with Crippen LogP contribution in [0.25, 0.3) is 16.3 Å². The van der Waals surface area contributed by atoms with Crippen molar-refractivity contribution in [2.24, 2.45) is 5.73 Å². The van der Waals surface area contributed by atoms with E-state index in [2.05, 4.69) is 65.0 Å². The van der Waals surface area contributed by atoms with Gasteiger partial charge >= 0.3 is 5.13 Å². The van der Waals surface area contributed by atoms with E-state index in [0.29, 0.717) is 6.54 Å². The molecule has 1 aromatic carbocycles. The molecule has 3 rings (SSSR count). The summed E-state index contributed by atoms with van der Waals surface area (Å²) in [5, 5.41) is 10.4. The van der Waals surface area contributed by atoms with Crippen molar-refractivity contribution in [2.75, 3.05) is 6.54 Å². The first-order valence-electron chi connectivity index (χ1n) is 7.30. The monoisotopic (exact) mass is 311 g/mol. The molecule has 5 heteroatoms. The predicted molar refractivity (Wildman–Crippen MR) is 89.1 cm³/mol. The zero-order chi connectivity index (χ0) is 15.5. The van der Waals surface area contributed by atoms with Crippen LogP contribution in [-0.4, -0.2) is 16.7 Å². The van der Waals surface area contributed by atoms with Crippen molar-refractivity contribution in [1.82, 2.24) is 10.2 Å². The lowest BCUT2D eigenvalue weighted by atomic mass is 10.0. The van der Waals surface area contributed by atoms with Gasteiger partial charge in [0.05, 0.1) is 5.10 Å². The largest absolute Gasteiger partial charge is 0.415 e. The molecule has 0 radical (unpaired) electrons. The van der Waals surface area contributed by atoms with E-state index < -0.39 is 0 Å². The van der Waals surface area contributed by atoms with Crippen LogP contribution in [0.1, 0.15) is 16.4 Å². The van der Waals surface area contributed by atoms with Crippen molar-refractivity contribution in [3.05, 3.63) is 58.9 Å². The number of nitrogens with zero attached hydrogens (tertiary/aromatic N) is 3. The molecule has 0 saturated heterocycles. The van der Waals surface area contributed by atoms with Crippen molar-refractivity contribution in [3.8, 4) is 16.3 Å². The molecule has 0 atom stereocenters. The Balaban J connectivity index is 2.03. The van der Waals surface area contributed by atoms with Crippen LogP contribution in [0, 0.1) is 13.8 Å². The van der Waals surface area contributed by atoms with Gasteiger partial charge in [-0.3, -0.25) is 0 Å². The van der Waals surface area contributed by atoms with Gasteiger partial charge in [-0.25, -0.2) is 0 Å². The molecule has 0 bridgehead atoms. The van der Waals surface area contributed by atoms with Gasteiger partial charge in [0.2, 0.25) is 0 Å². The summed E-state index contributed by atoms with van der Waals surface area (Å²) in [7, 11) is 0. The lowest BCUT2D eigenvalue weighted by Gasteiger charge is -2.07. The lowest BCUT2D eigenvalue weighted by Crippen LogP contribution is -2.37. The first kappa shape index (κ1) is 14.8. The molecule has 0 spiro atoms. The summed E-state index contributed by atoms with van der Waals surface area (Å²) in [4.78, 5) is 0. The summed E-state index contributed by atoms with van der Waals surface area (Å²) >= 11 is 1.60. The summed E-state index contributed by atoms with van der Waals surface area (Å²) in [5.74, 6) is 0. The molecule has 0 amide bonds. The van der Waals surface area contributed by atoms with E-state index in [1.165, 1.54) is 11.1 Å². The average molecular weight is 311 g/mol. The van der Waals surface area contributed by atoms with E-state index in [4.69, 9.17) is 5.73 Å². The van der Waals surface area contributed by atoms with E-state index in [-0.39, 0.29) is 0 Å². The van der Waals surface area contributed by atoms with Crippen molar-refractivity contribution in [1.29, 1.82) is 0 Å². The molecule has 22 heavy (non-hydrogen) atoms. The van der Waals surface area contributed by atoms with E-state index in [9.17, 15) is 0 Å². The van der Waals surface area contributed by atoms with Crippen LogP contribution in [0.2, 0.25) is 0 Å². The maximum atomic E-state index is 5.58. The zero-order valence-electron chi connectivity index (χ0n) is 12.8. The third kappa shape index (κ3) is 2.91. The normalized spacial score (nSPS) is 10.9. The Morgan fingerprint density at radius 1 is 1.00 bits per heavy atom. The van der Waals surface area contributed by atoms with Crippen molar-refractivity contribution >= 4 is 11.3 Å². The first-order chi connectivity index (χ1) is 10.7. The van der Waals surface area contributed by atoms with Gasteiger partial charge in [-0.15, -0.1) is 0 Å². The lowest BCUT2D eigenvalue weighted by molar-refractivity contribution is -0.609. The average Bonchev–Trinajstić information content (AvgIpc) is 2.96. The molecule has 3 aromatic rings. The molecule has 0 saturated carbocycles. The standard InChI is InChI=1S/C17H19N4S/c1-12-10-15(14-6-4-3-5-7-14)11-13(2)21(12)17-20-19-16(22-17)8-9-18/h3-7,10-11H,8-9,18H2,1-2H3/q+1. The van der Waals surface area contributed by atoms with E-state index in [1.54, 1.807) is 11.3 Å². The Morgan fingerprint density at radius 2 is 1.68 bits per heavy atom. The molecular weight excluding hydrogens is 292 g/mol. The van der Waals surface area contributed by atoms with Gasteiger partial charge in [0.1, 0.15) is 16.4 Å². The van der Waals surface area contributed by atoms with Crippen molar-refractivity contribution in [2.45, 2.75) is 20.3 Å². The number of benzene rings is 1. The molecule has 2 aromatic heterocycles. The third-order valence-electron chi connectivity index (χ3n) is 3.55. The van der Waals surface area contributed by atoms with Crippen LogP contribution in [0.4, 0.5) is 0 Å². The number of aryl methyl sites for hydroxylation is 2. The Hall–Kier alpha value is -2.11. The molecule has 2 heterocycles. The molecule has 112 valence electrons. The SMILES string of the molecule is Cc1cc(-c2ccccc2)cc(C)[n+]1-c1nnc(CCN)s1. The molecule has 0 aliphatic heterocycles. The second-order valence-electron chi connectivity index (χ2n) is 5.25. The summed E-state index contributed by atoms with van der Waals surface area (Å²) in [6, 6.07) is 14.8. The molecule has 0 aliphatic rings. The molecular formula is C17H19N4S+. The highest BCUT2D eigenvalue weighted by Crippen LogP contribution is 2.21. The van der Waals surface area contributed by atoms with Crippen molar-refractivity contribution in [3.63, 3.8) is 0 Å². The number of nitrogens with two attached hydrogens (primary N) is 1. The summed E-state index contributed by atoms with van der Waals surface area (Å²) in [6.07, 6.45) is 0.776. The van der Waals surface area contributed by atoms with Crippen LogP contribution in [-0.2, 0) is 6.42 Å². The summed E-state index contributed by atoms with van der Waals surface area (Å²) in [6.45, 7) is 4.80. The first-order valence-corrected chi connectivity index (χ1v) is 8.12. The number of pyridine rings is 1. The summed E-state index contributed by atoms with van der Waals surface area (Å²) < 4.78 is 2.14. The Bertz CT molecular complexity index is 757. The van der Waals surface area contributed by atoms with E-state index in [1.807, 2.05) is 6.07 Å². The third-order valence-corrected chi connectivity index (χ3v) is 4.52. The molecule has 2 N–H and O–H groups in total. The van der Waals surface area contributed by atoms with Crippen LogP contribution in [0.15, 0.2) is 42.5 Å². The van der Waals surface area contributed by atoms with Gasteiger partial charge in [0.15, 0.2) is 0 Å². The predicted octanol–water partition coefficient (Wildman–Crippen LogP) is 2.60. The second kappa shape index (κ2) is 6.34. The highest BCUT2D eigenvalue weighted by atomic mass is 32.1. The number of hydrogen-bond acceptors (Lipinski definition) is 4. The van der Waals surface area contributed by atoms with Crippen molar-refractivity contribution < 1.29 is 4.57 Å². The number of aromatic nitrogens is 3. The zero-order valence-corrected chi connectivity index (χ0v) is 13.6. The quantitative estimate of drug-likeness (QED) is 0.754. The van der Waals surface area contributed by atoms with Gasteiger partial charge < -0.3 is 5.73 Å².